The molecule has 5 heteroatoms. The minimum absolute atomic E-state index is 0.223. The van der Waals surface area contributed by atoms with E-state index in [-0.39, 0.29) is 5.82 Å². The number of benzene rings is 2. The Labute approximate surface area is 199 Å². The minimum Gasteiger partial charge on any atom is -0.378 e. The molecule has 0 bridgehead atoms. The van der Waals surface area contributed by atoms with Gasteiger partial charge in [-0.25, -0.2) is 9.37 Å². The summed E-state index contributed by atoms with van der Waals surface area (Å²) in [5.74, 6) is 1.28. The number of halogens is 1. The summed E-state index contributed by atoms with van der Waals surface area (Å²) in [7, 11) is 4.13. The van der Waals surface area contributed by atoms with Crippen molar-refractivity contribution < 1.29 is 4.39 Å². The van der Waals surface area contributed by atoms with Crippen molar-refractivity contribution in [2.24, 2.45) is 5.92 Å². The van der Waals surface area contributed by atoms with Crippen molar-refractivity contribution in [2.45, 2.75) is 59.7 Å². The molecule has 0 spiro atoms. The second-order valence-electron chi connectivity index (χ2n) is 9.54. The van der Waals surface area contributed by atoms with Crippen LogP contribution >= 0.6 is 0 Å². The number of nitrogens with zero attached hydrogens (tertiary/aromatic N) is 4. The molecule has 0 unspecified atom stereocenters. The van der Waals surface area contributed by atoms with Crippen LogP contribution in [0.25, 0.3) is 11.4 Å². The van der Waals surface area contributed by atoms with E-state index in [9.17, 15) is 4.39 Å². The first-order chi connectivity index (χ1) is 15.9. The maximum absolute atomic E-state index is 13.9. The van der Waals surface area contributed by atoms with E-state index >= 15 is 0 Å². The van der Waals surface area contributed by atoms with Crippen molar-refractivity contribution in [3.63, 3.8) is 0 Å². The summed E-state index contributed by atoms with van der Waals surface area (Å²) >= 11 is 0. The molecule has 0 saturated carbocycles. The highest BCUT2D eigenvalue weighted by molar-refractivity contribution is 5.56. The largest absolute Gasteiger partial charge is 0.378 e. The lowest BCUT2D eigenvalue weighted by molar-refractivity contribution is 0.235. The highest BCUT2D eigenvalue weighted by Gasteiger charge is 2.16. The summed E-state index contributed by atoms with van der Waals surface area (Å²) in [6, 6.07) is 15.6. The molecule has 3 aromatic rings. The van der Waals surface area contributed by atoms with Crippen LogP contribution in [-0.2, 0) is 19.6 Å². The third kappa shape index (κ3) is 7.16. The van der Waals surface area contributed by atoms with Crippen LogP contribution < -0.4 is 4.90 Å². The van der Waals surface area contributed by atoms with Crippen LogP contribution in [-0.4, -0.2) is 35.1 Å². The predicted molar refractivity (Wildman–Crippen MR) is 137 cm³/mol. The number of hydrogen-bond acceptors (Lipinski definition) is 3. The van der Waals surface area contributed by atoms with Gasteiger partial charge in [-0.2, -0.15) is 0 Å². The quantitative estimate of drug-likeness (QED) is 0.310. The smallest absolute Gasteiger partial charge is 0.140 e. The average molecular weight is 451 g/mol. The van der Waals surface area contributed by atoms with Gasteiger partial charge >= 0.3 is 0 Å². The van der Waals surface area contributed by atoms with E-state index < -0.39 is 0 Å². The standard InChI is InChI=1S/C28H39FN4/c1-6-7-16-33-27(19-30-28(33)24-9-8-10-25(29)18-24)21-32(17-15-22(2)3)20-23-11-13-26(14-12-23)31(4)5/h8-14,18-19,22H,6-7,15-17,20-21H2,1-5H3. The highest BCUT2D eigenvalue weighted by atomic mass is 19.1. The van der Waals surface area contributed by atoms with Gasteiger partial charge in [0.25, 0.3) is 0 Å². The van der Waals surface area contributed by atoms with E-state index in [0.717, 1.165) is 56.8 Å². The molecule has 0 aliphatic heterocycles. The Morgan fingerprint density at radius 1 is 1.03 bits per heavy atom. The molecule has 0 aliphatic rings. The maximum atomic E-state index is 13.9. The van der Waals surface area contributed by atoms with Crippen LogP contribution in [0.4, 0.5) is 10.1 Å². The van der Waals surface area contributed by atoms with Crippen LogP contribution in [0.3, 0.4) is 0 Å². The van der Waals surface area contributed by atoms with Crippen molar-refractivity contribution in [2.75, 3.05) is 25.5 Å². The molecular formula is C28H39FN4. The maximum Gasteiger partial charge on any atom is 0.140 e. The first kappa shape index (κ1) is 25.0. The molecule has 0 aliphatic carbocycles. The molecule has 1 aromatic heterocycles. The molecule has 0 N–H and O–H groups in total. The van der Waals surface area contributed by atoms with Crippen LogP contribution in [0.5, 0.6) is 0 Å². The van der Waals surface area contributed by atoms with Gasteiger partial charge in [-0.3, -0.25) is 4.90 Å². The first-order valence-electron chi connectivity index (χ1n) is 12.2. The first-order valence-corrected chi connectivity index (χ1v) is 12.2. The number of aromatic nitrogens is 2. The summed E-state index contributed by atoms with van der Waals surface area (Å²) < 4.78 is 16.2. The van der Waals surface area contributed by atoms with E-state index in [0.29, 0.717) is 5.92 Å². The lowest BCUT2D eigenvalue weighted by atomic mass is 10.1. The van der Waals surface area contributed by atoms with Crippen LogP contribution in [0, 0.1) is 11.7 Å². The van der Waals surface area contributed by atoms with Crippen LogP contribution in [0.2, 0.25) is 0 Å². The van der Waals surface area contributed by atoms with Crippen LogP contribution in [0.15, 0.2) is 54.7 Å². The second-order valence-corrected chi connectivity index (χ2v) is 9.54. The topological polar surface area (TPSA) is 24.3 Å². The van der Waals surface area contributed by atoms with Gasteiger partial charge in [0.1, 0.15) is 11.6 Å². The fourth-order valence-electron chi connectivity index (χ4n) is 4.00. The normalized spacial score (nSPS) is 11.5. The van der Waals surface area contributed by atoms with Crippen molar-refractivity contribution in [1.29, 1.82) is 0 Å². The zero-order chi connectivity index (χ0) is 23.8. The summed E-state index contributed by atoms with van der Waals surface area (Å²) in [6.45, 7) is 10.4. The third-order valence-electron chi connectivity index (χ3n) is 6.02. The molecule has 1 heterocycles. The number of imidazole rings is 1. The van der Waals surface area contributed by atoms with Gasteiger partial charge < -0.3 is 9.47 Å². The van der Waals surface area contributed by atoms with E-state index in [1.165, 1.54) is 23.0 Å². The molecule has 3 rings (SSSR count). The number of unbranched alkanes of at least 4 members (excludes halogenated alkanes) is 1. The van der Waals surface area contributed by atoms with Crippen molar-refractivity contribution in [3.05, 3.63) is 71.8 Å². The van der Waals surface area contributed by atoms with Gasteiger partial charge in [0.15, 0.2) is 0 Å². The van der Waals surface area contributed by atoms with Gasteiger partial charge in [-0.05, 0) is 55.1 Å². The summed E-state index contributed by atoms with van der Waals surface area (Å²) in [6.07, 6.45) is 5.31. The molecule has 0 amide bonds. The predicted octanol–water partition coefficient (Wildman–Crippen LogP) is 6.60. The fraction of sp³-hybridized carbons (Fsp3) is 0.464. The fourth-order valence-corrected chi connectivity index (χ4v) is 4.00. The monoisotopic (exact) mass is 450 g/mol. The van der Waals surface area contributed by atoms with E-state index in [4.69, 9.17) is 4.98 Å². The Morgan fingerprint density at radius 2 is 1.79 bits per heavy atom. The van der Waals surface area contributed by atoms with E-state index in [1.807, 2.05) is 12.3 Å². The van der Waals surface area contributed by atoms with Gasteiger partial charge in [-0.15, -0.1) is 0 Å². The van der Waals surface area contributed by atoms with Gasteiger partial charge in [0.05, 0.1) is 11.9 Å². The van der Waals surface area contributed by atoms with E-state index in [2.05, 4.69) is 73.5 Å². The Bertz CT molecular complexity index is 991. The lowest BCUT2D eigenvalue weighted by Crippen LogP contribution is -2.26. The van der Waals surface area contributed by atoms with Crippen molar-refractivity contribution in [3.8, 4) is 11.4 Å². The Morgan fingerprint density at radius 3 is 2.42 bits per heavy atom. The molecule has 178 valence electrons. The van der Waals surface area contributed by atoms with Crippen molar-refractivity contribution >= 4 is 5.69 Å². The molecule has 4 nitrogen and oxygen atoms in total. The molecule has 0 fully saturated rings. The minimum atomic E-state index is -0.223. The third-order valence-corrected chi connectivity index (χ3v) is 6.02. The molecular weight excluding hydrogens is 411 g/mol. The van der Waals surface area contributed by atoms with E-state index in [1.54, 1.807) is 12.1 Å². The summed E-state index contributed by atoms with van der Waals surface area (Å²) in [5, 5.41) is 0. The molecule has 33 heavy (non-hydrogen) atoms. The van der Waals surface area contributed by atoms with Gasteiger partial charge in [-0.1, -0.05) is 51.5 Å². The average Bonchev–Trinajstić information content (AvgIpc) is 3.18. The number of rotatable bonds is 12. The molecule has 2 aromatic carbocycles. The zero-order valence-electron chi connectivity index (χ0n) is 20.9. The summed E-state index contributed by atoms with van der Waals surface area (Å²) in [5.41, 5.74) is 4.56. The molecule has 0 atom stereocenters. The Hall–Kier alpha value is -2.66. The molecule has 0 radical (unpaired) electrons. The number of hydrogen-bond donors (Lipinski definition) is 0. The summed E-state index contributed by atoms with van der Waals surface area (Å²) in [4.78, 5) is 9.37. The zero-order valence-corrected chi connectivity index (χ0v) is 20.9. The lowest BCUT2D eigenvalue weighted by Gasteiger charge is -2.25. The van der Waals surface area contributed by atoms with Gasteiger partial charge in [0, 0.05) is 45.0 Å². The van der Waals surface area contributed by atoms with Crippen LogP contribution in [0.1, 0.15) is 51.3 Å². The Kier molecular flexibility index (Phi) is 9.07. The Balaban J connectivity index is 1.85. The van der Waals surface area contributed by atoms with Gasteiger partial charge in [0.2, 0.25) is 0 Å². The number of anilines is 1. The van der Waals surface area contributed by atoms with Crippen molar-refractivity contribution in [1.82, 2.24) is 14.5 Å². The molecule has 0 saturated heterocycles. The SMILES string of the molecule is CCCCn1c(CN(CCC(C)C)Cc2ccc(N(C)C)cc2)cnc1-c1cccc(F)c1. The second kappa shape index (κ2) is 12.0. The highest BCUT2D eigenvalue weighted by Crippen LogP contribution is 2.23.